The summed E-state index contributed by atoms with van der Waals surface area (Å²) >= 11 is 0. The van der Waals surface area contributed by atoms with E-state index in [2.05, 4.69) is 65.8 Å². The van der Waals surface area contributed by atoms with Crippen molar-refractivity contribution in [1.29, 1.82) is 0 Å². The van der Waals surface area contributed by atoms with Crippen LogP contribution in [0.2, 0.25) is 0 Å². The first kappa shape index (κ1) is 88.5. The summed E-state index contributed by atoms with van der Waals surface area (Å²) in [6.07, 6.45) is 52.3. The van der Waals surface area contributed by atoms with E-state index in [1.54, 1.807) is 0 Å². The van der Waals surface area contributed by atoms with Crippen LogP contribution >= 0.6 is 15.6 Å². The van der Waals surface area contributed by atoms with E-state index in [0.29, 0.717) is 31.6 Å². The second-order valence-electron chi connectivity index (χ2n) is 26.0. The van der Waals surface area contributed by atoms with Crippen molar-refractivity contribution < 1.29 is 80.2 Å². The van der Waals surface area contributed by atoms with Gasteiger partial charge in [0.15, 0.2) is 12.2 Å². The minimum atomic E-state index is -4.96. The molecular weight excluding hydrogens is 1200 g/mol. The maximum absolute atomic E-state index is 13.0. The lowest BCUT2D eigenvalue weighted by Crippen LogP contribution is -2.30. The Kier molecular flexibility index (Phi) is 61.9. The van der Waals surface area contributed by atoms with Crippen molar-refractivity contribution in [3.63, 3.8) is 0 Å². The molecule has 0 saturated carbocycles. The zero-order chi connectivity index (χ0) is 67.2. The van der Waals surface area contributed by atoms with Crippen LogP contribution in [0.15, 0.2) is 24.3 Å². The molecule has 0 heterocycles. The van der Waals surface area contributed by atoms with Crippen LogP contribution in [-0.4, -0.2) is 96.7 Å². The molecule has 3 N–H and O–H groups in total. The molecule has 6 atom stereocenters. The standard InChI is InChI=1S/C72H136O17P2/c1-7-10-12-14-16-18-19-20-21-25-28-31-37-43-49-55-70(75)83-61-67(88-71(76)56-50-44-38-32-29-26-23-22-24-27-30-35-41-47-53-65(6)9-3)62-86-90(78,79)84-58-66(73)59-85-91(80,81)87-63-68(60-82-69(74)54-48-42-36-17-15-13-11-8-2)89-72(77)57-51-45-39-33-34-40-46-52-64(4)5/h18-21,64-68,73H,7-17,22-63H2,1-6H3,(H,78,79)(H,80,81)/b19-18-,21-20-/t65?,66-,67-,68-/m1/s1. The van der Waals surface area contributed by atoms with Gasteiger partial charge in [0.05, 0.1) is 26.4 Å². The minimum absolute atomic E-state index is 0.100. The third-order valence-electron chi connectivity index (χ3n) is 16.4. The summed E-state index contributed by atoms with van der Waals surface area (Å²) in [7, 11) is -9.91. The molecule has 0 aliphatic heterocycles. The van der Waals surface area contributed by atoms with E-state index < -0.39 is 97.5 Å². The quantitative estimate of drug-likeness (QED) is 0.0169. The molecule has 0 aliphatic rings. The van der Waals surface area contributed by atoms with Crippen molar-refractivity contribution in [3.05, 3.63) is 24.3 Å². The summed E-state index contributed by atoms with van der Waals surface area (Å²) in [6, 6.07) is 0. The van der Waals surface area contributed by atoms with Gasteiger partial charge in [0, 0.05) is 25.7 Å². The number of carbonyl (C=O) groups is 4. The van der Waals surface area contributed by atoms with Crippen molar-refractivity contribution in [3.8, 4) is 0 Å². The molecule has 91 heavy (non-hydrogen) atoms. The zero-order valence-electron chi connectivity index (χ0n) is 58.6. The summed E-state index contributed by atoms with van der Waals surface area (Å²) in [5.74, 6) is -0.619. The Balaban J connectivity index is 5.25. The Bertz CT molecular complexity index is 1860. The molecule has 0 amide bonds. The molecule has 17 nitrogen and oxygen atoms in total. The first-order chi connectivity index (χ1) is 43.9. The van der Waals surface area contributed by atoms with E-state index in [0.717, 1.165) is 121 Å². The fraction of sp³-hybridized carbons (Fsp3) is 0.889. The topological polar surface area (TPSA) is 237 Å². The molecule has 19 heteroatoms. The van der Waals surface area contributed by atoms with Gasteiger partial charge < -0.3 is 33.8 Å². The maximum Gasteiger partial charge on any atom is 0.472 e. The van der Waals surface area contributed by atoms with Crippen molar-refractivity contribution in [2.75, 3.05) is 39.6 Å². The van der Waals surface area contributed by atoms with Crippen LogP contribution in [-0.2, 0) is 65.4 Å². The zero-order valence-corrected chi connectivity index (χ0v) is 60.4. The van der Waals surface area contributed by atoms with Gasteiger partial charge in [0.1, 0.15) is 19.3 Å². The van der Waals surface area contributed by atoms with Gasteiger partial charge in [-0.2, -0.15) is 0 Å². The van der Waals surface area contributed by atoms with Crippen LogP contribution in [0.5, 0.6) is 0 Å². The first-order valence-corrected chi connectivity index (χ1v) is 39.8. The van der Waals surface area contributed by atoms with Gasteiger partial charge in [0.2, 0.25) is 0 Å². The summed E-state index contributed by atoms with van der Waals surface area (Å²) < 4.78 is 68.2. The maximum atomic E-state index is 13.0. The average molecular weight is 1340 g/mol. The molecule has 0 spiro atoms. The van der Waals surface area contributed by atoms with Gasteiger partial charge >= 0.3 is 39.5 Å². The van der Waals surface area contributed by atoms with E-state index in [1.165, 1.54) is 135 Å². The Morgan fingerprint density at radius 1 is 0.363 bits per heavy atom. The normalized spacial score (nSPS) is 14.6. The van der Waals surface area contributed by atoms with Gasteiger partial charge in [-0.25, -0.2) is 9.13 Å². The second kappa shape index (κ2) is 63.6. The Morgan fingerprint density at radius 3 is 0.989 bits per heavy atom. The van der Waals surface area contributed by atoms with Crippen molar-refractivity contribution >= 4 is 39.5 Å². The lowest BCUT2D eigenvalue weighted by molar-refractivity contribution is -0.161. The number of esters is 4. The second-order valence-corrected chi connectivity index (χ2v) is 28.9. The summed E-state index contributed by atoms with van der Waals surface area (Å²) in [5, 5.41) is 10.6. The highest BCUT2D eigenvalue weighted by Gasteiger charge is 2.30. The number of aliphatic hydroxyl groups is 1. The van der Waals surface area contributed by atoms with Crippen LogP contribution < -0.4 is 0 Å². The Labute approximate surface area is 554 Å². The predicted molar refractivity (Wildman–Crippen MR) is 367 cm³/mol. The number of phosphoric acid groups is 2. The molecule has 0 fully saturated rings. The van der Waals surface area contributed by atoms with Crippen LogP contribution in [0, 0.1) is 11.8 Å². The highest BCUT2D eigenvalue weighted by molar-refractivity contribution is 7.47. The highest BCUT2D eigenvalue weighted by atomic mass is 31.2. The number of aliphatic hydroxyl groups excluding tert-OH is 1. The Hall–Kier alpha value is -2.46. The van der Waals surface area contributed by atoms with E-state index >= 15 is 0 Å². The molecule has 0 aromatic carbocycles. The minimum Gasteiger partial charge on any atom is -0.462 e. The lowest BCUT2D eigenvalue weighted by Gasteiger charge is -2.21. The van der Waals surface area contributed by atoms with Crippen LogP contribution in [0.1, 0.15) is 343 Å². The SMILES string of the molecule is CCCCCC/C=C\C=C/CCCCCCCC(=O)OC[C@H](COP(=O)(O)OC[C@@H](O)COP(=O)(O)OC[C@@H](COC(=O)CCCCCCCCCC)OC(=O)CCCCCCCCCC(C)C)OC(=O)CCCCCCCCCCCCCCCCC(C)CC. The number of hydrogen-bond donors (Lipinski definition) is 3. The third kappa shape index (κ3) is 64.6. The number of rotatable bonds is 69. The van der Waals surface area contributed by atoms with Crippen LogP contribution in [0.3, 0.4) is 0 Å². The highest BCUT2D eigenvalue weighted by Crippen LogP contribution is 2.45. The third-order valence-corrected chi connectivity index (χ3v) is 18.3. The summed E-state index contributed by atoms with van der Waals surface area (Å²) in [6.45, 7) is 9.45. The fourth-order valence-corrected chi connectivity index (χ4v) is 12.0. The lowest BCUT2D eigenvalue weighted by atomic mass is 9.99. The molecule has 0 radical (unpaired) electrons. The van der Waals surface area contributed by atoms with Gasteiger partial charge in [0.25, 0.3) is 0 Å². The van der Waals surface area contributed by atoms with Crippen LogP contribution in [0.4, 0.5) is 0 Å². The summed E-state index contributed by atoms with van der Waals surface area (Å²) in [5.41, 5.74) is 0. The molecule has 0 aromatic heterocycles. The molecule has 3 unspecified atom stereocenters. The number of phosphoric ester groups is 2. The average Bonchev–Trinajstić information content (AvgIpc) is 3.74. The first-order valence-electron chi connectivity index (χ1n) is 36.8. The monoisotopic (exact) mass is 1330 g/mol. The van der Waals surface area contributed by atoms with Gasteiger partial charge in [-0.3, -0.25) is 37.3 Å². The molecule has 0 rings (SSSR count). The van der Waals surface area contributed by atoms with Gasteiger partial charge in [-0.1, -0.05) is 291 Å². The molecule has 536 valence electrons. The van der Waals surface area contributed by atoms with Crippen LogP contribution in [0.25, 0.3) is 0 Å². The summed E-state index contributed by atoms with van der Waals surface area (Å²) in [4.78, 5) is 72.5. The number of carbonyl (C=O) groups excluding carboxylic acids is 4. The van der Waals surface area contributed by atoms with Gasteiger partial charge in [-0.05, 0) is 63.2 Å². The number of ether oxygens (including phenoxy) is 4. The van der Waals surface area contributed by atoms with E-state index in [4.69, 9.17) is 37.0 Å². The molecule has 0 bridgehead atoms. The number of hydrogen-bond acceptors (Lipinski definition) is 15. The van der Waals surface area contributed by atoms with E-state index in [1.807, 2.05) is 0 Å². The van der Waals surface area contributed by atoms with Gasteiger partial charge in [-0.15, -0.1) is 0 Å². The van der Waals surface area contributed by atoms with E-state index in [-0.39, 0.29) is 25.7 Å². The fourth-order valence-electron chi connectivity index (χ4n) is 10.4. The molecule has 0 aliphatic carbocycles. The number of unbranched alkanes of at least 4 members (excludes halogenated alkanes) is 35. The van der Waals surface area contributed by atoms with Crippen molar-refractivity contribution in [2.24, 2.45) is 11.8 Å². The van der Waals surface area contributed by atoms with Crippen molar-refractivity contribution in [1.82, 2.24) is 0 Å². The number of allylic oxidation sites excluding steroid dienone is 4. The molecular formula is C72H136O17P2. The Morgan fingerprint density at radius 2 is 0.648 bits per heavy atom. The smallest absolute Gasteiger partial charge is 0.462 e. The molecule has 0 aromatic rings. The largest absolute Gasteiger partial charge is 0.472 e. The predicted octanol–water partition coefficient (Wildman–Crippen LogP) is 20.3. The molecule has 0 saturated heterocycles. The van der Waals surface area contributed by atoms with E-state index in [9.17, 15) is 43.2 Å². The van der Waals surface area contributed by atoms with Crippen molar-refractivity contribution in [2.45, 2.75) is 362 Å².